The first kappa shape index (κ1) is 16.9. The number of halogens is 3. The molecule has 0 aliphatic heterocycles. The van der Waals surface area contributed by atoms with Gasteiger partial charge in [-0.1, -0.05) is 18.2 Å². The molecule has 8 heteroatoms. The van der Waals surface area contributed by atoms with Gasteiger partial charge in [-0.25, -0.2) is 4.98 Å². The Morgan fingerprint density at radius 3 is 2.76 bits per heavy atom. The summed E-state index contributed by atoms with van der Waals surface area (Å²) in [5.74, 6) is -0.415. The highest BCUT2D eigenvalue weighted by atomic mass is 19.4. The maximum atomic E-state index is 12.7. The molecule has 0 saturated carbocycles. The number of amides is 1. The number of aryl methyl sites for hydroxylation is 2. The molecule has 25 heavy (non-hydrogen) atoms. The fourth-order valence-electron chi connectivity index (χ4n) is 2.62. The molecule has 0 saturated heterocycles. The standard InChI is InChI=1S/C17H15F3N4O/c1-10-14-8-13(9-21-16(14)24(2)23-10)22-15(25)7-11-4-3-5-12(6-11)17(18,19)20/h3-6,8-9H,7H2,1-2H3,(H,22,25). The van der Waals surface area contributed by atoms with Crippen molar-refractivity contribution < 1.29 is 18.0 Å². The van der Waals surface area contributed by atoms with Gasteiger partial charge in [0.25, 0.3) is 0 Å². The average molecular weight is 348 g/mol. The number of nitrogens with one attached hydrogen (secondary N) is 1. The predicted molar refractivity (Wildman–Crippen MR) is 87.0 cm³/mol. The molecule has 0 spiro atoms. The average Bonchev–Trinajstić information content (AvgIpc) is 2.81. The van der Waals surface area contributed by atoms with Gasteiger partial charge in [-0.2, -0.15) is 18.3 Å². The van der Waals surface area contributed by atoms with Crippen LogP contribution in [0.25, 0.3) is 11.0 Å². The Balaban J connectivity index is 1.76. The maximum absolute atomic E-state index is 12.7. The summed E-state index contributed by atoms with van der Waals surface area (Å²) in [5.41, 5.74) is 1.46. The first-order chi connectivity index (χ1) is 11.7. The van der Waals surface area contributed by atoms with Crippen LogP contribution in [0, 0.1) is 6.92 Å². The highest BCUT2D eigenvalue weighted by Crippen LogP contribution is 2.29. The van der Waals surface area contributed by atoms with E-state index < -0.39 is 17.6 Å². The zero-order chi connectivity index (χ0) is 18.2. The van der Waals surface area contributed by atoms with Crippen LogP contribution in [-0.4, -0.2) is 20.7 Å². The highest BCUT2D eigenvalue weighted by molar-refractivity contribution is 5.94. The molecule has 1 aromatic carbocycles. The van der Waals surface area contributed by atoms with Gasteiger partial charge >= 0.3 is 6.18 Å². The minimum atomic E-state index is -4.43. The molecule has 5 nitrogen and oxygen atoms in total. The second-order valence-corrected chi connectivity index (χ2v) is 5.73. The summed E-state index contributed by atoms with van der Waals surface area (Å²) >= 11 is 0. The number of hydrogen-bond acceptors (Lipinski definition) is 3. The van der Waals surface area contributed by atoms with Crippen molar-refractivity contribution in [3.05, 3.63) is 53.3 Å². The number of carbonyl (C=O) groups excluding carboxylic acids is 1. The van der Waals surface area contributed by atoms with Gasteiger partial charge in [-0.05, 0) is 24.6 Å². The van der Waals surface area contributed by atoms with Gasteiger partial charge in [0.2, 0.25) is 5.91 Å². The van der Waals surface area contributed by atoms with Crippen LogP contribution in [0.4, 0.5) is 18.9 Å². The van der Waals surface area contributed by atoms with Crippen molar-refractivity contribution in [2.24, 2.45) is 7.05 Å². The fraction of sp³-hybridized carbons (Fsp3) is 0.235. The zero-order valence-corrected chi connectivity index (χ0v) is 13.6. The molecule has 0 fully saturated rings. The maximum Gasteiger partial charge on any atom is 0.416 e. The van der Waals surface area contributed by atoms with E-state index >= 15 is 0 Å². The number of hydrogen-bond donors (Lipinski definition) is 1. The molecule has 130 valence electrons. The van der Waals surface area contributed by atoms with E-state index in [2.05, 4.69) is 15.4 Å². The Bertz CT molecular complexity index is 947. The lowest BCUT2D eigenvalue weighted by atomic mass is 10.1. The van der Waals surface area contributed by atoms with Crippen molar-refractivity contribution in [1.82, 2.24) is 14.8 Å². The Kier molecular flexibility index (Phi) is 4.20. The highest BCUT2D eigenvalue weighted by Gasteiger charge is 2.30. The largest absolute Gasteiger partial charge is 0.416 e. The number of nitrogens with zero attached hydrogens (tertiary/aromatic N) is 3. The molecule has 0 aliphatic rings. The van der Waals surface area contributed by atoms with E-state index in [4.69, 9.17) is 0 Å². The molecule has 2 aromatic heterocycles. The second kappa shape index (κ2) is 6.19. The normalized spacial score (nSPS) is 11.7. The van der Waals surface area contributed by atoms with Crippen molar-refractivity contribution in [1.29, 1.82) is 0 Å². The van der Waals surface area contributed by atoms with Gasteiger partial charge in [-0.15, -0.1) is 0 Å². The molecule has 0 unspecified atom stereocenters. The van der Waals surface area contributed by atoms with E-state index in [1.165, 1.54) is 18.3 Å². The van der Waals surface area contributed by atoms with E-state index in [0.717, 1.165) is 23.2 Å². The Morgan fingerprint density at radius 2 is 2.04 bits per heavy atom. The van der Waals surface area contributed by atoms with Gasteiger partial charge in [0.05, 0.1) is 29.6 Å². The summed E-state index contributed by atoms with van der Waals surface area (Å²) in [6.45, 7) is 1.83. The van der Waals surface area contributed by atoms with Crippen molar-refractivity contribution in [2.75, 3.05) is 5.32 Å². The Labute approximate surface area is 141 Å². The molecule has 0 bridgehead atoms. The lowest BCUT2D eigenvalue weighted by molar-refractivity contribution is -0.137. The van der Waals surface area contributed by atoms with Gasteiger partial charge in [-0.3, -0.25) is 9.48 Å². The van der Waals surface area contributed by atoms with E-state index in [1.54, 1.807) is 17.8 Å². The van der Waals surface area contributed by atoms with Crippen molar-refractivity contribution >= 4 is 22.6 Å². The molecule has 3 rings (SSSR count). The molecule has 1 amide bonds. The molecule has 0 radical (unpaired) electrons. The molecular weight excluding hydrogens is 333 g/mol. The van der Waals surface area contributed by atoms with E-state index in [1.807, 2.05) is 6.92 Å². The number of aromatic nitrogens is 3. The van der Waals surface area contributed by atoms with Crippen LogP contribution in [0.3, 0.4) is 0 Å². The van der Waals surface area contributed by atoms with E-state index in [9.17, 15) is 18.0 Å². The van der Waals surface area contributed by atoms with Crippen LogP contribution in [0.5, 0.6) is 0 Å². The second-order valence-electron chi connectivity index (χ2n) is 5.73. The summed E-state index contributed by atoms with van der Waals surface area (Å²) in [4.78, 5) is 16.4. The third kappa shape index (κ3) is 3.62. The van der Waals surface area contributed by atoms with Crippen LogP contribution >= 0.6 is 0 Å². The lowest BCUT2D eigenvalue weighted by Crippen LogP contribution is -2.15. The third-order valence-corrected chi connectivity index (χ3v) is 3.77. The summed E-state index contributed by atoms with van der Waals surface area (Å²) < 4.78 is 39.8. The number of benzene rings is 1. The van der Waals surface area contributed by atoms with Gasteiger partial charge < -0.3 is 5.32 Å². The minimum absolute atomic E-state index is 0.159. The van der Waals surface area contributed by atoms with Gasteiger partial charge in [0, 0.05) is 12.4 Å². The van der Waals surface area contributed by atoms with Crippen molar-refractivity contribution in [3.8, 4) is 0 Å². The Hall–Kier alpha value is -2.90. The molecular formula is C17H15F3N4O. The molecule has 2 heterocycles. The minimum Gasteiger partial charge on any atom is -0.324 e. The quantitative estimate of drug-likeness (QED) is 0.788. The summed E-state index contributed by atoms with van der Waals surface area (Å²) in [5, 5.41) is 7.71. The van der Waals surface area contributed by atoms with Crippen LogP contribution in [0.15, 0.2) is 36.5 Å². The van der Waals surface area contributed by atoms with Gasteiger partial charge in [0.1, 0.15) is 0 Å². The fourth-order valence-corrected chi connectivity index (χ4v) is 2.62. The molecule has 0 atom stereocenters. The van der Waals surface area contributed by atoms with Gasteiger partial charge in [0.15, 0.2) is 5.65 Å². The van der Waals surface area contributed by atoms with E-state index in [0.29, 0.717) is 16.9 Å². The zero-order valence-electron chi connectivity index (χ0n) is 13.6. The van der Waals surface area contributed by atoms with Crippen LogP contribution in [0.1, 0.15) is 16.8 Å². The first-order valence-electron chi connectivity index (χ1n) is 7.49. The Morgan fingerprint density at radius 1 is 1.28 bits per heavy atom. The van der Waals surface area contributed by atoms with Crippen LogP contribution in [0.2, 0.25) is 0 Å². The monoisotopic (exact) mass is 348 g/mol. The van der Waals surface area contributed by atoms with Crippen LogP contribution in [-0.2, 0) is 24.4 Å². The first-order valence-corrected chi connectivity index (χ1v) is 7.49. The number of carbonyl (C=O) groups is 1. The summed E-state index contributed by atoms with van der Waals surface area (Å²) in [7, 11) is 1.77. The lowest BCUT2D eigenvalue weighted by Gasteiger charge is -2.09. The predicted octanol–water partition coefficient (Wildman–Crippen LogP) is 3.48. The topological polar surface area (TPSA) is 59.8 Å². The SMILES string of the molecule is Cc1nn(C)c2ncc(NC(=O)Cc3cccc(C(F)(F)F)c3)cc12. The molecule has 0 aliphatic carbocycles. The smallest absolute Gasteiger partial charge is 0.324 e. The number of pyridine rings is 1. The summed E-state index contributed by atoms with van der Waals surface area (Å²) in [6.07, 6.45) is -3.10. The third-order valence-electron chi connectivity index (χ3n) is 3.77. The van der Waals surface area contributed by atoms with Crippen LogP contribution < -0.4 is 5.32 Å². The molecule has 3 aromatic rings. The number of alkyl halides is 3. The summed E-state index contributed by atoms with van der Waals surface area (Å²) in [6, 6.07) is 6.48. The molecule has 1 N–H and O–H groups in total. The van der Waals surface area contributed by atoms with Crippen molar-refractivity contribution in [3.63, 3.8) is 0 Å². The number of fused-ring (bicyclic) bond motifs is 1. The number of anilines is 1. The van der Waals surface area contributed by atoms with E-state index in [-0.39, 0.29) is 6.42 Å². The number of rotatable bonds is 3. The van der Waals surface area contributed by atoms with Crippen molar-refractivity contribution in [2.45, 2.75) is 19.5 Å².